The number of para-hydroxylation sites is 2. The summed E-state index contributed by atoms with van der Waals surface area (Å²) in [4.78, 5) is 17.4. The molecular weight excluding hydrogens is 320 g/mol. The molecule has 0 saturated carbocycles. The molecule has 0 aliphatic heterocycles. The van der Waals surface area contributed by atoms with Crippen molar-refractivity contribution in [3.63, 3.8) is 0 Å². The van der Waals surface area contributed by atoms with Gasteiger partial charge in [-0.05, 0) is 44.8 Å². The molecule has 2 rings (SSSR count). The highest BCUT2D eigenvalue weighted by molar-refractivity contribution is 5.79. The van der Waals surface area contributed by atoms with Crippen molar-refractivity contribution in [2.75, 3.05) is 37.0 Å². The second-order valence-corrected chi connectivity index (χ2v) is 5.56. The van der Waals surface area contributed by atoms with Crippen molar-refractivity contribution in [3.8, 4) is 5.75 Å². The van der Waals surface area contributed by atoms with Gasteiger partial charge in [-0.1, -0.05) is 19.1 Å². The van der Waals surface area contributed by atoms with E-state index in [2.05, 4.69) is 4.98 Å². The van der Waals surface area contributed by atoms with Gasteiger partial charge in [-0.25, -0.2) is 9.78 Å². The maximum atomic E-state index is 11.8. The van der Waals surface area contributed by atoms with E-state index in [1.54, 1.807) is 36.4 Å². The molecular formula is C17H26N6O2. The van der Waals surface area contributed by atoms with Crippen molar-refractivity contribution < 1.29 is 9.53 Å². The molecule has 0 aliphatic rings. The second-order valence-electron chi connectivity index (χ2n) is 5.56. The first-order valence-electron chi connectivity index (χ1n) is 7.76. The molecule has 1 aromatic heterocycles. The molecule has 0 spiro atoms. The first-order valence-corrected chi connectivity index (χ1v) is 7.76. The quantitative estimate of drug-likeness (QED) is 0.368. The number of nitrogens with zero attached hydrogens (tertiary/aromatic N) is 2. The Morgan fingerprint density at radius 1 is 1.08 bits per heavy atom. The topological polar surface area (TPSA) is 147 Å². The van der Waals surface area contributed by atoms with Gasteiger partial charge in [0, 0.05) is 0 Å². The minimum atomic E-state index is -0.273. The molecule has 0 aliphatic carbocycles. The highest BCUT2D eigenvalue weighted by atomic mass is 16.5. The van der Waals surface area contributed by atoms with Crippen LogP contribution in [0.5, 0.6) is 5.75 Å². The molecule has 1 heterocycles. The Balaban J connectivity index is 0.000000293. The van der Waals surface area contributed by atoms with Gasteiger partial charge in [-0.15, -0.1) is 0 Å². The maximum Gasteiger partial charge on any atom is 0.328 e. The van der Waals surface area contributed by atoms with Crippen molar-refractivity contribution in [1.29, 1.82) is 0 Å². The van der Waals surface area contributed by atoms with Crippen LogP contribution in [0.3, 0.4) is 0 Å². The minimum Gasteiger partial charge on any atom is -0.423 e. The molecule has 0 fully saturated rings. The summed E-state index contributed by atoms with van der Waals surface area (Å²) >= 11 is 0. The molecule has 1 unspecified atom stereocenters. The third kappa shape index (κ3) is 6.19. The number of aromatic nitrogens is 1. The minimum absolute atomic E-state index is 0.236. The Labute approximate surface area is 147 Å². The standard InChI is InChI=1S/C12H18N2O2.C5H8N4/c1-4-10(14(2)3)12(15)16-11-8-6-5-7-9(11)13;6-3-1-2-4(7)9-5(3)8/h5-8,10H,4,13H2,1-3H3;1-2H,6H2,(H4,7,8,9). The Morgan fingerprint density at radius 2 is 1.72 bits per heavy atom. The lowest BCUT2D eigenvalue weighted by Crippen LogP contribution is -2.38. The smallest absolute Gasteiger partial charge is 0.328 e. The Morgan fingerprint density at radius 3 is 2.20 bits per heavy atom. The highest BCUT2D eigenvalue weighted by Gasteiger charge is 2.21. The van der Waals surface area contributed by atoms with E-state index in [0.29, 0.717) is 29.4 Å². The van der Waals surface area contributed by atoms with Gasteiger partial charge >= 0.3 is 5.97 Å². The van der Waals surface area contributed by atoms with Crippen LogP contribution < -0.4 is 27.7 Å². The van der Waals surface area contributed by atoms with E-state index >= 15 is 0 Å². The van der Waals surface area contributed by atoms with E-state index in [1.165, 1.54) is 0 Å². The molecule has 25 heavy (non-hydrogen) atoms. The van der Waals surface area contributed by atoms with E-state index < -0.39 is 0 Å². The van der Waals surface area contributed by atoms with Crippen molar-refractivity contribution in [1.82, 2.24) is 9.88 Å². The van der Waals surface area contributed by atoms with Gasteiger partial charge in [-0.2, -0.15) is 0 Å². The number of nitrogen functional groups attached to an aromatic ring is 4. The SMILES string of the molecule is CCC(C(=O)Oc1ccccc1N)N(C)C.Nc1ccc(N)c(N)n1. The first kappa shape index (κ1) is 20.0. The summed E-state index contributed by atoms with van der Waals surface area (Å²) < 4.78 is 5.25. The fourth-order valence-corrected chi connectivity index (χ4v) is 1.99. The largest absolute Gasteiger partial charge is 0.423 e. The van der Waals surface area contributed by atoms with Gasteiger partial charge in [0.05, 0.1) is 11.4 Å². The Hall–Kier alpha value is -3.00. The monoisotopic (exact) mass is 346 g/mol. The molecule has 136 valence electrons. The summed E-state index contributed by atoms with van der Waals surface area (Å²) in [6.07, 6.45) is 0.707. The maximum absolute atomic E-state index is 11.8. The number of benzene rings is 1. The number of hydrogen-bond acceptors (Lipinski definition) is 8. The van der Waals surface area contributed by atoms with Gasteiger partial charge in [-0.3, -0.25) is 4.90 Å². The normalized spacial score (nSPS) is 11.4. The van der Waals surface area contributed by atoms with Gasteiger partial charge < -0.3 is 27.7 Å². The predicted octanol–water partition coefficient (Wildman–Crippen LogP) is 1.34. The van der Waals surface area contributed by atoms with E-state index in [4.69, 9.17) is 27.7 Å². The third-order valence-corrected chi connectivity index (χ3v) is 3.39. The summed E-state index contributed by atoms with van der Waals surface area (Å²) in [5, 5.41) is 0. The van der Waals surface area contributed by atoms with Crippen LogP contribution in [0.25, 0.3) is 0 Å². The van der Waals surface area contributed by atoms with Gasteiger partial charge in [0.25, 0.3) is 0 Å². The Bertz CT molecular complexity index is 705. The molecule has 8 heteroatoms. The number of carbonyl (C=O) groups is 1. The molecule has 0 bridgehead atoms. The fourth-order valence-electron chi connectivity index (χ4n) is 1.99. The average Bonchev–Trinajstić information content (AvgIpc) is 2.54. The van der Waals surface area contributed by atoms with Crippen LogP contribution in [-0.2, 0) is 4.79 Å². The fraction of sp³-hybridized carbons (Fsp3) is 0.294. The molecule has 0 amide bonds. The lowest BCUT2D eigenvalue weighted by Gasteiger charge is -2.21. The van der Waals surface area contributed by atoms with Crippen molar-refractivity contribution >= 4 is 29.0 Å². The zero-order valence-corrected chi connectivity index (χ0v) is 14.8. The van der Waals surface area contributed by atoms with E-state index in [0.717, 1.165) is 0 Å². The number of nitrogens with two attached hydrogens (primary N) is 4. The molecule has 8 N–H and O–H groups in total. The van der Waals surface area contributed by atoms with Crippen LogP contribution in [0.15, 0.2) is 36.4 Å². The lowest BCUT2D eigenvalue weighted by molar-refractivity contribution is -0.139. The number of pyridine rings is 1. The van der Waals surface area contributed by atoms with Crippen LogP contribution in [0.2, 0.25) is 0 Å². The average molecular weight is 346 g/mol. The zero-order valence-electron chi connectivity index (χ0n) is 14.8. The number of anilines is 4. The van der Waals surface area contributed by atoms with Crippen LogP contribution in [0.4, 0.5) is 23.0 Å². The van der Waals surface area contributed by atoms with Gasteiger partial charge in [0.1, 0.15) is 17.7 Å². The van der Waals surface area contributed by atoms with Crippen LogP contribution in [0.1, 0.15) is 13.3 Å². The van der Waals surface area contributed by atoms with E-state index in [9.17, 15) is 4.79 Å². The highest BCUT2D eigenvalue weighted by Crippen LogP contribution is 2.20. The molecule has 1 atom stereocenters. The van der Waals surface area contributed by atoms with Crippen molar-refractivity contribution in [2.24, 2.45) is 0 Å². The lowest BCUT2D eigenvalue weighted by atomic mass is 10.2. The van der Waals surface area contributed by atoms with Crippen LogP contribution >= 0.6 is 0 Å². The number of likely N-dealkylation sites (N-methyl/N-ethyl adjacent to an activating group) is 1. The zero-order chi connectivity index (χ0) is 19.0. The van der Waals surface area contributed by atoms with Crippen molar-refractivity contribution in [2.45, 2.75) is 19.4 Å². The van der Waals surface area contributed by atoms with E-state index in [-0.39, 0.29) is 17.8 Å². The summed E-state index contributed by atoms with van der Waals surface area (Å²) in [7, 11) is 3.70. The predicted molar refractivity (Wildman–Crippen MR) is 102 cm³/mol. The van der Waals surface area contributed by atoms with E-state index in [1.807, 2.05) is 25.9 Å². The van der Waals surface area contributed by atoms with Crippen LogP contribution in [0, 0.1) is 0 Å². The summed E-state index contributed by atoms with van der Waals surface area (Å²) in [6, 6.07) is 9.98. The Kier molecular flexibility index (Phi) is 7.48. The number of hydrogen-bond donors (Lipinski definition) is 4. The second kappa shape index (κ2) is 9.33. The molecule has 0 radical (unpaired) electrons. The van der Waals surface area contributed by atoms with Gasteiger partial charge in [0.15, 0.2) is 5.75 Å². The number of ether oxygens (including phenoxy) is 1. The molecule has 8 nitrogen and oxygen atoms in total. The number of carbonyl (C=O) groups excluding carboxylic acids is 1. The van der Waals surface area contributed by atoms with Gasteiger partial charge in [0.2, 0.25) is 0 Å². The first-order chi connectivity index (χ1) is 11.8. The number of rotatable bonds is 4. The summed E-state index contributed by atoms with van der Waals surface area (Å²) in [6.45, 7) is 1.94. The molecule has 1 aromatic carbocycles. The summed E-state index contributed by atoms with van der Waals surface area (Å²) in [5.41, 5.74) is 22.6. The number of esters is 1. The molecule has 0 saturated heterocycles. The van der Waals surface area contributed by atoms with Crippen LogP contribution in [-0.4, -0.2) is 36.0 Å². The molecule has 2 aromatic rings. The van der Waals surface area contributed by atoms with Crippen molar-refractivity contribution in [3.05, 3.63) is 36.4 Å². The third-order valence-electron chi connectivity index (χ3n) is 3.39. The summed E-state index contributed by atoms with van der Waals surface area (Å²) in [5.74, 6) is 0.829.